The van der Waals surface area contributed by atoms with Crippen LogP contribution >= 0.6 is 11.3 Å². The van der Waals surface area contributed by atoms with E-state index in [0.29, 0.717) is 18.4 Å². The summed E-state index contributed by atoms with van der Waals surface area (Å²) in [5.41, 5.74) is 0.639. The summed E-state index contributed by atoms with van der Waals surface area (Å²) >= 11 is 1.75. The molecule has 2 atom stereocenters. The van der Waals surface area contributed by atoms with Gasteiger partial charge in [0.05, 0.1) is 16.1 Å². The second kappa shape index (κ2) is 6.28. The summed E-state index contributed by atoms with van der Waals surface area (Å²) < 4.78 is 0. The summed E-state index contributed by atoms with van der Waals surface area (Å²) in [6, 6.07) is 0. The molecule has 0 radical (unpaired) electrons. The maximum Gasteiger partial charge on any atom is 0.311 e. The SMILES string of the molecule is CC(C)CCc1nc(CN2C[C@@H]3CCC[C@@]3(C(=O)O)C2)cs1. The van der Waals surface area contributed by atoms with E-state index < -0.39 is 11.4 Å². The summed E-state index contributed by atoms with van der Waals surface area (Å²) in [5, 5.41) is 13.0. The van der Waals surface area contributed by atoms with E-state index in [1.165, 1.54) is 11.4 Å². The van der Waals surface area contributed by atoms with Gasteiger partial charge in [-0.25, -0.2) is 4.98 Å². The molecule has 2 aliphatic rings. The summed E-state index contributed by atoms with van der Waals surface area (Å²) in [4.78, 5) is 18.8. The van der Waals surface area contributed by atoms with Gasteiger partial charge in [0, 0.05) is 25.0 Å². The number of hydrogen-bond acceptors (Lipinski definition) is 4. The third-order valence-corrected chi connectivity index (χ3v) is 6.25. The Morgan fingerprint density at radius 3 is 3.09 bits per heavy atom. The number of likely N-dealkylation sites (tertiary alicyclic amines) is 1. The minimum atomic E-state index is -0.589. The Morgan fingerprint density at radius 2 is 2.41 bits per heavy atom. The van der Waals surface area contributed by atoms with Crippen molar-refractivity contribution in [2.75, 3.05) is 13.1 Å². The minimum Gasteiger partial charge on any atom is -0.481 e. The Bertz CT molecular complexity index is 543. The predicted octanol–water partition coefficient (Wildman–Crippen LogP) is 3.42. The summed E-state index contributed by atoms with van der Waals surface area (Å²) in [5.74, 6) is 0.457. The molecule has 1 aromatic rings. The molecule has 122 valence electrons. The van der Waals surface area contributed by atoms with Crippen molar-refractivity contribution in [2.45, 2.75) is 52.5 Å². The molecule has 4 nitrogen and oxygen atoms in total. The van der Waals surface area contributed by atoms with Gasteiger partial charge in [0.2, 0.25) is 0 Å². The largest absolute Gasteiger partial charge is 0.481 e. The molecule has 1 saturated heterocycles. The lowest BCUT2D eigenvalue weighted by atomic mass is 9.81. The molecule has 1 aliphatic carbocycles. The number of rotatable bonds is 6. The Hall–Kier alpha value is -0.940. The van der Waals surface area contributed by atoms with Crippen molar-refractivity contribution >= 4 is 17.3 Å². The topological polar surface area (TPSA) is 53.4 Å². The standard InChI is InChI=1S/C17H26N2O2S/c1-12(2)5-6-15-18-14(10-22-15)9-19-8-13-4-3-7-17(13,11-19)16(20)21/h10,12-13H,3-9,11H2,1-2H3,(H,20,21)/t13-,17+/m0/s1. The van der Waals surface area contributed by atoms with E-state index in [1.807, 2.05) is 0 Å². The van der Waals surface area contributed by atoms with Crippen molar-refractivity contribution in [2.24, 2.45) is 17.3 Å². The Kier molecular flexibility index (Phi) is 4.55. The highest BCUT2D eigenvalue weighted by Gasteiger charge is 2.54. The zero-order chi connectivity index (χ0) is 15.7. The van der Waals surface area contributed by atoms with Gasteiger partial charge in [-0.3, -0.25) is 9.69 Å². The van der Waals surface area contributed by atoms with E-state index in [9.17, 15) is 9.90 Å². The van der Waals surface area contributed by atoms with Gasteiger partial charge in [0.15, 0.2) is 0 Å². The van der Waals surface area contributed by atoms with Crippen LogP contribution in [0.4, 0.5) is 0 Å². The number of hydrogen-bond donors (Lipinski definition) is 1. The van der Waals surface area contributed by atoms with Crippen LogP contribution in [0.2, 0.25) is 0 Å². The molecule has 0 bridgehead atoms. The molecule has 0 amide bonds. The van der Waals surface area contributed by atoms with Crippen LogP contribution in [0.5, 0.6) is 0 Å². The van der Waals surface area contributed by atoms with E-state index >= 15 is 0 Å². The number of nitrogens with zero attached hydrogens (tertiary/aromatic N) is 2. The van der Waals surface area contributed by atoms with E-state index in [2.05, 4.69) is 24.1 Å². The monoisotopic (exact) mass is 322 g/mol. The third kappa shape index (κ3) is 3.06. The molecule has 1 aliphatic heterocycles. The van der Waals surface area contributed by atoms with Crippen LogP contribution in [0, 0.1) is 17.3 Å². The maximum atomic E-state index is 11.7. The molecular formula is C17H26N2O2S. The van der Waals surface area contributed by atoms with Crippen molar-refractivity contribution in [1.29, 1.82) is 0 Å². The molecular weight excluding hydrogens is 296 g/mol. The second-order valence-electron chi connectivity index (χ2n) is 7.39. The fourth-order valence-corrected chi connectivity index (χ4v) is 4.85. The van der Waals surface area contributed by atoms with Gasteiger partial charge in [-0.2, -0.15) is 0 Å². The maximum absolute atomic E-state index is 11.7. The molecule has 1 saturated carbocycles. The fraction of sp³-hybridized carbons (Fsp3) is 0.765. The number of carboxylic acid groups (broad SMARTS) is 1. The first-order chi connectivity index (χ1) is 10.5. The summed E-state index contributed by atoms with van der Waals surface area (Å²) in [6.45, 7) is 6.91. The minimum absolute atomic E-state index is 0.337. The van der Waals surface area contributed by atoms with E-state index in [4.69, 9.17) is 4.98 Å². The van der Waals surface area contributed by atoms with Crippen LogP contribution in [0.1, 0.15) is 50.2 Å². The molecule has 1 N–H and O–H groups in total. The van der Waals surface area contributed by atoms with E-state index in [-0.39, 0.29) is 0 Å². The lowest BCUT2D eigenvalue weighted by molar-refractivity contribution is -0.149. The molecule has 22 heavy (non-hydrogen) atoms. The lowest BCUT2D eigenvalue weighted by Crippen LogP contribution is -2.35. The molecule has 1 aromatic heterocycles. The number of aryl methyl sites for hydroxylation is 1. The molecule has 0 unspecified atom stereocenters. The predicted molar refractivity (Wildman–Crippen MR) is 88.0 cm³/mol. The normalized spacial score (nSPS) is 28.4. The van der Waals surface area contributed by atoms with Crippen molar-refractivity contribution in [3.05, 3.63) is 16.1 Å². The number of aliphatic carboxylic acids is 1. The van der Waals surface area contributed by atoms with Crippen molar-refractivity contribution in [3.63, 3.8) is 0 Å². The van der Waals surface area contributed by atoms with Crippen molar-refractivity contribution in [3.8, 4) is 0 Å². The Balaban J connectivity index is 1.60. The second-order valence-corrected chi connectivity index (χ2v) is 8.33. The molecule has 3 rings (SSSR count). The fourth-order valence-electron chi connectivity index (χ4n) is 4.04. The lowest BCUT2D eigenvalue weighted by Gasteiger charge is -2.23. The smallest absolute Gasteiger partial charge is 0.311 e. The quantitative estimate of drug-likeness (QED) is 0.872. The zero-order valence-corrected chi connectivity index (χ0v) is 14.4. The first kappa shape index (κ1) is 15.9. The summed E-state index contributed by atoms with van der Waals surface area (Å²) in [6.07, 6.45) is 5.23. The number of fused-ring (bicyclic) bond motifs is 1. The zero-order valence-electron chi connectivity index (χ0n) is 13.5. The van der Waals surface area contributed by atoms with Gasteiger partial charge in [-0.05, 0) is 37.5 Å². The van der Waals surface area contributed by atoms with Crippen molar-refractivity contribution in [1.82, 2.24) is 9.88 Å². The molecule has 0 aromatic carbocycles. The Morgan fingerprint density at radius 1 is 1.59 bits per heavy atom. The van der Waals surface area contributed by atoms with Crippen LogP contribution in [0.3, 0.4) is 0 Å². The van der Waals surface area contributed by atoms with Crippen LogP contribution in [0.15, 0.2) is 5.38 Å². The number of thiazole rings is 1. The third-order valence-electron chi connectivity index (χ3n) is 5.29. The summed E-state index contributed by atoms with van der Waals surface area (Å²) in [7, 11) is 0. The van der Waals surface area contributed by atoms with Gasteiger partial charge in [0.1, 0.15) is 0 Å². The Labute approximate surface area is 136 Å². The highest BCUT2D eigenvalue weighted by molar-refractivity contribution is 7.09. The van der Waals surface area contributed by atoms with Crippen molar-refractivity contribution < 1.29 is 9.90 Å². The van der Waals surface area contributed by atoms with Gasteiger partial charge in [-0.1, -0.05) is 20.3 Å². The van der Waals surface area contributed by atoms with Crippen LogP contribution in [-0.4, -0.2) is 34.0 Å². The van der Waals surface area contributed by atoms with Gasteiger partial charge >= 0.3 is 5.97 Å². The van der Waals surface area contributed by atoms with Crippen LogP contribution in [-0.2, 0) is 17.8 Å². The molecule has 5 heteroatoms. The van der Waals surface area contributed by atoms with E-state index in [1.54, 1.807) is 11.3 Å². The van der Waals surface area contributed by atoms with Gasteiger partial charge in [-0.15, -0.1) is 11.3 Å². The highest BCUT2D eigenvalue weighted by Crippen LogP contribution is 2.49. The number of carboxylic acids is 1. The number of aromatic nitrogens is 1. The molecule has 0 spiro atoms. The molecule has 2 fully saturated rings. The van der Waals surface area contributed by atoms with Gasteiger partial charge in [0.25, 0.3) is 0 Å². The molecule has 2 heterocycles. The van der Waals surface area contributed by atoms with E-state index in [0.717, 1.165) is 44.5 Å². The number of carbonyl (C=O) groups is 1. The van der Waals surface area contributed by atoms with Crippen LogP contribution in [0.25, 0.3) is 0 Å². The van der Waals surface area contributed by atoms with Crippen LogP contribution < -0.4 is 0 Å². The average Bonchev–Trinajstić information content (AvgIpc) is 3.10. The first-order valence-electron chi connectivity index (χ1n) is 8.38. The van der Waals surface area contributed by atoms with Gasteiger partial charge < -0.3 is 5.11 Å². The average molecular weight is 322 g/mol. The highest BCUT2D eigenvalue weighted by atomic mass is 32.1. The first-order valence-corrected chi connectivity index (χ1v) is 9.26.